The molecule has 0 radical (unpaired) electrons. The molecule has 70 valence electrons. The molecule has 1 aliphatic rings. The molecule has 3 atom stereocenters. The minimum Gasteiger partial charge on any atom is -0.479 e. The highest BCUT2D eigenvalue weighted by atomic mass is 16.7. The number of carbonyl (C=O) groups is 1. The van der Waals surface area contributed by atoms with Gasteiger partial charge in [-0.1, -0.05) is 0 Å². The van der Waals surface area contributed by atoms with Crippen molar-refractivity contribution in [3.05, 3.63) is 0 Å². The number of aliphatic hydroxyl groups excluding tert-OH is 1. The van der Waals surface area contributed by atoms with Crippen molar-refractivity contribution in [1.82, 2.24) is 0 Å². The van der Waals surface area contributed by atoms with Gasteiger partial charge in [0.25, 0.3) is 0 Å². The molecule has 1 heterocycles. The first-order valence-corrected chi connectivity index (χ1v) is 3.74. The van der Waals surface area contributed by atoms with Crippen LogP contribution >= 0.6 is 0 Å². The van der Waals surface area contributed by atoms with E-state index < -0.39 is 24.5 Å². The Morgan fingerprint density at radius 2 is 2.25 bits per heavy atom. The fraction of sp³-hybridized carbons (Fsp3) is 0.857. The van der Waals surface area contributed by atoms with Gasteiger partial charge < -0.3 is 19.7 Å². The fourth-order valence-corrected chi connectivity index (χ4v) is 1.18. The summed E-state index contributed by atoms with van der Waals surface area (Å²) in [6.45, 7) is 0. The number of aliphatic hydroxyl groups is 1. The molecule has 0 unspecified atom stereocenters. The van der Waals surface area contributed by atoms with Crippen molar-refractivity contribution < 1.29 is 24.5 Å². The first-order chi connectivity index (χ1) is 5.65. The van der Waals surface area contributed by atoms with E-state index in [1.54, 1.807) is 0 Å². The van der Waals surface area contributed by atoms with E-state index in [1.807, 2.05) is 0 Å². The summed E-state index contributed by atoms with van der Waals surface area (Å²) >= 11 is 0. The van der Waals surface area contributed by atoms with Crippen LogP contribution in [0.25, 0.3) is 0 Å². The predicted molar refractivity (Wildman–Crippen MR) is 38.5 cm³/mol. The number of ether oxygens (including phenoxy) is 2. The number of aliphatic carboxylic acids is 1. The lowest BCUT2D eigenvalue weighted by molar-refractivity contribution is -0.220. The van der Waals surface area contributed by atoms with Crippen molar-refractivity contribution in [1.29, 1.82) is 0 Å². The maximum atomic E-state index is 10.5. The molecule has 0 amide bonds. The smallest absolute Gasteiger partial charge is 0.335 e. The number of carboxylic acid groups (broad SMARTS) is 1. The monoisotopic (exact) mass is 176 g/mol. The van der Waals surface area contributed by atoms with Gasteiger partial charge in [0.15, 0.2) is 12.4 Å². The Hall–Kier alpha value is -0.650. The van der Waals surface area contributed by atoms with Crippen molar-refractivity contribution in [2.24, 2.45) is 0 Å². The van der Waals surface area contributed by atoms with Gasteiger partial charge in [0.1, 0.15) is 0 Å². The number of rotatable bonds is 2. The summed E-state index contributed by atoms with van der Waals surface area (Å²) < 4.78 is 9.76. The van der Waals surface area contributed by atoms with Gasteiger partial charge in [0, 0.05) is 13.5 Å². The molecule has 0 aliphatic carbocycles. The van der Waals surface area contributed by atoms with Crippen LogP contribution in [0.15, 0.2) is 0 Å². The molecule has 2 N–H and O–H groups in total. The average Bonchev–Trinajstić information content (AvgIpc) is 2.05. The van der Waals surface area contributed by atoms with Gasteiger partial charge in [-0.2, -0.15) is 0 Å². The molecule has 1 aliphatic heterocycles. The third-order valence-corrected chi connectivity index (χ3v) is 1.85. The number of methoxy groups -OCH3 is 1. The van der Waals surface area contributed by atoms with Gasteiger partial charge in [0.2, 0.25) is 0 Å². The maximum absolute atomic E-state index is 10.5. The van der Waals surface area contributed by atoms with E-state index in [2.05, 4.69) is 0 Å². The SMILES string of the molecule is CO[C@@H]1CC[C@H](O)[C@@H](C(=O)O)O1. The summed E-state index contributed by atoms with van der Waals surface area (Å²) in [6, 6.07) is 0. The Bertz CT molecular complexity index is 169. The highest BCUT2D eigenvalue weighted by Gasteiger charge is 2.34. The summed E-state index contributed by atoms with van der Waals surface area (Å²) in [7, 11) is 1.45. The Balaban J connectivity index is 2.53. The Kier molecular flexibility index (Phi) is 3.02. The van der Waals surface area contributed by atoms with Crippen molar-refractivity contribution in [3.8, 4) is 0 Å². The van der Waals surface area contributed by atoms with E-state index >= 15 is 0 Å². The van der Waals surface area contributed by atoms with Gasteiger partial charge in [0.05, 0.1) is 6.10 Å². The first-order valence-electron chi connectivity index (χ1n) is 3.74. The molecule has 0 spiro atoms. The molecular weight excluding hydrogens is 164 g/mol. The predicted octanol–water partition coefficient (Wildman–Crippen LogP) is -0.417. The summed E-state index contributed by atoms with van der Waals surface area (Å²) in [6.07, 6.45) is -1.65. The second-order valence-corrected chi connectivity index (χ2v) is 2.70. The van der Waals surface area contributed by atoms with Gasteiger partial charge in [-0.25, -0.2) is 4.79 Å². The summed E-state index contributed by atoms with van der Waals surface area (Å²) in [4.78, 5) is 10.5. The topological polar surface area (TPSA) is 76.0 Å². The Morgan fingerprint density at radius 3 is 2.75 bits per heavy atom. The Labute approximate surface area is 69.9 Å². The number of hydrogen-bond donors (Lipinski definition) is 2. The molecule has 0 aromatic rings. The van der Waals surface area contributed by atoms with Crippen molar-refractivity contribution in [2.45, 2.75) is 31.3 Å². The zero-order valence-corrected chi connectivity index (χ0v) is 6.77. The molecule has 0 aromatic carbocycles. The zero-order valence-electron chi connectivity index (χ0n) is 6.77. The van der Waals surface area contributed by atoms with Crippen LogP contribution in [-0.4, -0.2) is 41.8 Å². The van der Waals surface area contributed by atoms with E-state index in [4.69, 9.17) is 14.6 Å². The van der Waals surface area contributed by atoms with Crippen LogP contribution in [0.3, 0.4) is 0 Å². The van der Waals surface area contributed by atoms with Gasteiger partial charge in [-0.05, 0) is 6.42 Å². The highest BCUT2D eigenvalue weighted by molar-refractivity contribution is 5.73. The van der Waals surface area contributed by atoms with Gasteiger partial charge in [-0.15, -0.1) is 0 Å². The van der Waals surface area contributed by atoms with E-state index in [-0.39, 0.29) is 0 Å². The third-order valence-electron chi connectivity index (χ3n) is 1.85. The standard InChI is InChI=1S/C7H12O5/c1-11-5-3-2-4(8)6(12-5)7(9)10/h4-6,8H,2-3H2,1H3,(H,9,10)/t4-,5-,6-/m0/s1. The fourth-order valence-electron chi connectivity index (χ4n) is 1.18. The average molecular weight is 176 g/mol. The van der Waals surface area contributed by atoms with Crippen LogP contribution in [0.2, 0.25) is 0 Å². The summed E-state index contributed by atoms with van der Waals surface area (Å²) in [5, 5.41) is 17.8. The van der Waals surface area contributed by atoms with E-state index in [9.17, 15) is 9.90 Å². The molecule has 1 fully saturated rings. The van der Waals surface area contributed by atoms with Crippen LogP contribution in [-0.2, 0) is 14.3 Å². The molecule has 0 saturated carbocycles. The lowest BCUT2D eigenvalue weighted by atomic mass is 10.1. The lowest BCUT2D eigenvalue weighted by Crippen LogP contribution is -2.44. The number of carboxylic acids is 1. The van der Waals surface area contributed by atoms with Crippen LogP contribution in [0.4, 0.5) is 0 Å². The van der Waals surface area contributed by atoms with Crippen molar-refractivity contribution in [2.75, 3.05) is 7.11 Å². The molecule has 12 heavy (non-hydrogen) atoms. The van der Waals surface area contributed by atoms with Crippen molar-refractivity contribution in [3.63, 3.8) is 0 Å². The quantitative estimate of drug-likeness (QED) is 0.597. The van der Waals surface area contributed by atoms with Gasteiger partial charge in [-0.3, -0.25) is 0 Å². The van der Waals surface area contributed by atoms with Crippen LogP contribution < -0.4 is 0 Å². The van der Waals surface area contributed by atoms with Gasteiger partial charge >= 0.3 is 5.97 Å². The van der Waals surface area contributed by atoms with E-state index in [0.717, 1.165) is 0 Å². The minimum atomic E-state index is -1.15. The minimum absolute atomic E-state index is 0.398. The summed E-state index contributed by atoms with van der Waals surface area (Å²) in [5.41, 5.74) is 0. The molecule has 5 nitrogen and oxygen atoms in total. The zero-order chi connectivity index (χ0) is 9.14. The normalized spacial score (nSPS) is 36.3. The second-order valence-electron chi connectivity index (χ2n) is 2.70. The second kappa shape index (κ2) is 3.84. The molecule has 1 rings (SSSR count). The molecule has 5 heteroatoms. The molecule has 1 saturated heterocycles. The molecular formula is C7H12O5. The van der Waals surface area contributed by atoms with Crippen LogP contribution in [0.5, 0.6) is 0 Å². The van der Waals surface area contributed by atoms with E-state index in [0.29, 0.717) is 12.8 Å². The maximum Gasteiger partial charge on any atom is 0.335 e. The number of hydrogen-bond acceptors (Lipinski definition) is 4. The first kappa shape index (κ1) is 9.44. The van der Waals surface area contributed by atoms with Crippen LogP contribution in [0.1, 0.15) is 12.8 Å². The third kappa shape index (κ3) is 1.94. The van der Waals surface area contributed by atoms with E-state index in [1.165, 1.54) is 7.11 Å². The largest absolute Gasteiger partial charge is 0.479 e. The van der Waals surface area contributed by atoms with Crippen LogP contribution in [0, 0.1) is 0 Å². The summed E-state index contributed by atoms with van der Waals surface area (Å²) in [5.74, 6) is -1.15. The lowest BCUT2D eigenvalue weighted by Gasteiger charge is -2.30. The van der Waals surface area contributed by atoms with Crippen molar-refractivity contribution >= 4 is 5.97 Å². The molecule has 0 aromatic heterocycles. The molecule has 0 bridgehead atoms. The highest BCUT2D eigenvalue weighted by Crippen LogP contribution is 2.19. The Morgan fingerprint density at radius 1 is 1.58 bits per heavy atom.